The van der Waals surface area contributed by atoms with Gasteiger partial charge in [0, 0.05) is 12.2 Å². The minimum atomic E-state index is 0.283. The Kier molecular flexibility index (Phi) is 4.24. The lowest BCUT2D eigenvalue weighted by Gasteiger charge is -2.10. The van der Waals surface area contributed by atoms with Crippen molar-refractivity contribution in [3.8, 4) is 0 Å². The zero-order chi connectivity index (χ0) is 9.68. The van der Waals surface area contributed by atoms with E-state index >= 15 is 0 Å². The van der Waals surface area contributed by atoms with Crippen LogP contribution < -0.4 is 5.73 Å². The first kappa shape index (κ1) is 10.5. The summed E-state index contributed by atoms with van der Waals surface area (Å²) in [5.41, 5.74) is 6.50. The second-order valence-electron chi connectivity index (χ2n) is 3.06. The standard InChI is InChI=1S/C8H15N3OS/c1-6(2)12-4-3-7-5-13-8(9)11-10-7/h6H,3-5H2,1-2H3,(H2,9,11). The molecule has 0 saturated carbocycles. The summed E-state index contributed by atoms with van der Waals surface area (Å²) < 4.78 is 5.40. The molecule has 1 aliphatic heterocycles. The third-order valence-electron chi connectivity index (χ3n) is 1.52. The third kappa shape index (κ3) is 4.28. The van der Waals surface area contributed by atoms with Crippen molar-refractivity contribution in [2.75, 3.05) is 12.4 Å². The monoisotopic (exact) mass is 201 g/mol. The molecule has 0 amide bonds. The Hall–Kier alpha value is -0.550. The molecule has 0 saturated heterocycles. The van der Waals surface area contributed by atoms with Gasteiger partial charge in [0.1, 0.15) is 0 Å². The van der Waals surface area contributed by atoms with Gasteiger partial charge in [-0.15, -0.1) is 5.10 Å². The number of nitrogens with two attached hydrogens (primary N) is 1. The van der Waals surface area contributed by atoms with Crippen molar-refractivity contribution < 1.29 is 4.74 Å². The minimum absolute atomic E-state index is 0.283. The van der Waals surface area contributed by atoms with Crippen LogP contribution in [0.5, 0.6) is 0 Å². The van der Waals surface area contributed by atoms with Crippen molar-refractivity contribution >= 4 is 22.6 Å². The zero-order valence-electron chi connectivity index (χ0n) is 7.99. The number of rotatable bonds is 4. The quantitative estimate of drug-likeness (QED) is 0.744. The van der Waals surface area contributed by atoms with Gasteiger partial charge in [-0.2, -0.15) is 5.10 Å². The van der Waals surface area contributed by atoms with Crippen LogP contribution in [0.3, 0.4) is 0 Å². The van der Waals surface area contributed by atoms with E-state index in [-0.39, 0.29) is 6.10 Å². The first-order valence-corrected chi connectivity index (χ1v) is 5.30. The Labute approximate surface area is 82.6 Å². The molecule has 4 nitrogen and oxygen atoms in total. The molecule has 0 atom stereocenters. The number of thioether (sulfide) groups is 1. The van der Waals surface area contributed by atoms with Crippen LogP contribution in [0.25, 0.3) is 0 Å². The summed E-state index contributed by atoms with van der Waals surface area (Å²) in [5, 5.41) is 8.33. The zero-order valence-corrected chi connectivity index (χ0v) is 8.80. The van der Waals surface area contributed by atoms with Gasteiger partial charge >= 0.3 is 0 Å². The van der Waals surface area contributed by atoms with E-state index in [0.717, 1.165) is 17.9 Å². The molecular weight excluding hydrogens is 186 g/mol. The third-order valence-corrected chi connectivity index (χ3v) is 2.37. The normalized spacial score (nSPS) is 17.2. The lowest BCUT2D eigenvalue weighted by atomic mass is 10.3. The van der Waals surface area contributed by atoms with Crippen molar-refractivity contribution in [3.05, 3.63) is 0 Å². The Morgan fingerprint density at radius 3 is 2.85 bits per heavy atom. The molecule has 13 heavy (non-hydrogen) atoms. The number of ether oxygens (including phenoxy) is 1. The molecule has 0 aromatic carbocycles. The van der Waals surface area contributed by atoms with E-state index in [1.165, 1.54) is 11.8 Å². The molecule has 1 aliphatic rings. The summed E-state index contributed by atoms with van der Waals surface area (Å²) in [6.45, 7) is 4.76. The highest BCUT2D eigenvalue weighted by molar-refractivity contribution is 8.14. The maximum Gasteiger partial charge on any atom is 0.180 e. The molecule has 2 N–H and O–H groups in total. The first-order valence-electron chi connectivity index (χ1n) is 4.31. The van der Waals surface area contributed by atoms with Gasteiger partial charge in [-0.3, -0.25) is 0 Å². The van der Waals surface area contributed by atoms with Crippen LogP contribution in [0.1, 0.15) is 20.3 Å². The summed E-state index contributed by atoms with van der Waals surface area (Å²) in [7, 11) is 0. The van der Waals surface area contributed by atoms with Crippen LogP contribution in [-0.4, -0.2) is 29.3 Å². The Bertz CT molecular complexity index is 225. The molecule has 0 unspecified atom stereocenters. The molecule has 0 fully saturated rings. The largest absolute Gasteiger partial charge is 0.378 e. The lowest BCUT2D eigenvalue weighted by molar-refractivity contribution is 0.0845. The first-order chi connectivity index (χ1) is 6.18. The van der Waals surface area contributed by atoms with Crippen LogP contribution in [0.2, 0.25) is 0 Å². The molecule has 74 valence electrons. The molecule has 1 heterocycles. The molecule has 0 radical (unpaired) electrons. The summed E-state index contributed by atoms with van der Waals surface area (Å²) >= 11 is 1.53. The molecule has 0 spiro atoms. The van der Waals surface area contributed by atoms with Gasteiger partial charge in [-0.05, 0) is 13.8 Å². The Morgan fingerprint density at radius 1 is 1.54 bits per heavy atom. The second-order valence-corrected chi connectivity index (χ2v) is 4.06. The van der Waals surface area contributed by atoms with Gasteiger partial charge in [0.05, 0.1) is 18.4 Å². The molecule has 5 heteroatoms. The summed E-state index contributed by atoms with van der Waals surface area (Å²) in [4.78, 5) is 0. The average molecular weight is 201 g/mol. The van der Waals surface area contributed by atoms with E-state index in [9.17, 15) is 0 Å². The SMILES string of the molecule is CC(C)OCCC1=NN=C(N)SC1. The minimum Gasteiger partial charge on any atom is -0.378 e. The summed E-state index contributed by atoms with van der Waals surface area (Å²) in [5.74, 6) is 0.844. The fourth-order valence-corrected chi connectivity index (χ4v) is 1.48. The van der Waals surface area contributed by atoms with Gasteiger partial charge in [0.25, 0.3) is 0 Å². The highest BCUT2D eigenvalue weighted by Gasteiger charge is 2.07. The van der Waals surface area contributed by atoms with Crippen molar-refractivity contribution in [2.24, 2.45) is 15.9 Å². The molecular formula is C8H15N3OS. The predicted molar refractivity (Wildman–Crippen MR) is 57.2 cm³/mol. The van der Waals surface area contributed by atoms with Crippen LogP contribution in [-0.2, 0) is 4.74 Å². The molecule has 0 bridgehead atoms. The maximum absolute atomic E-state index is 5.45. The number of hydrogen-bond donors (Lipinski definition) is 1. The van der Waals surface area contributed by atoms with Gasteiger partial charge in [-0.25, -0.2) is 0 Å². The van der Waals surface area contributed by atoms with Crippen molar-refractivity contribution in [1.29, 1.82) is 0 Å². The van der Waals surface area contributed by atoms with Gasteiger partial charge in [0.15, 0.2) is 5.17 Å². The van der Waals surface area contributed by atoms with E-state index in [0.29, 0.717) is 11.8 Å². The van der Waals surface area contributed by atoms with Gasteiger partial charge < -0.3 is 10.5 Å². The highest BCUT2D eigenvalue weighted by Crippen LogP contribution is 2.09. The van der Waals surface area contributed by atoms with E-state index in [1.807, 2.05) is 13.8 Å². The second kappa shape index (κ2) is 5.24. The van der Waals surface area contributed by atoms with Crippen molar-refractivity contribution in [2.45, 2.75) is 26.4 Å². The smallest absolute Gasteiger partial charge is 0.180 e. The molecule has 0 aromatic rings. The Morgan fingerprint density at radius 2 is 2.31 bits per heavy atom. The predicted octanol–water partition coefficient (Wildman–Crippen LogP) is 1.22. The van der Waals surface area contributed by atoms with E-state index in [1.54, 1.807) is 0 Å². The van der Waals surface area contributed by atoms with Crippen LogP contribution in [0.15, 0.2) is 10.2 Å². The number of hydrogen-bond acceptors (Lipinski definition) is 5. The van der Waals surface area contributed by atoms with E-state index in [2.05, 4.69) is 10.2 Å². The molecule has 1 rings (SSSR count). The van der Waals surface area contributed by atoms with Gasteiger partial charge in [0.2, 0.25) is 0 Å². The highest BCUT2D eigenvalue weighted by atomic mass is 32.2. The topological polar surface area (TPSA) is 60.0 Å². The number of nitrogens with zero attached hydrogens (tertiary/aromatic N) is 2. The lowest BCUT2D eigenvalue weighted by Crippen LogP contribution is -2.17. The average Bonchev–Trinajstić information content (AvgIpc) is 2.08. The fourth-order valence-electron chi connectivity index (χ4n) is 0.870. The maximum atomic E-state index is 5.45. The molecule has 0 aromatic heterocycles. The van der Waals surface area contributed by atoms with Crippen LogP contribution >= 0.6 is 11.8 Å². The van der Waals surface area contributed by atoms with E-state index in [4.69, 9.17) is 10.5 Å². The number of amidine groups is 1. The molecule has 0 aliphatic carbocycles. The summed E-state index contributed by atoms with van der Waals surface area (Å²) in [6.07, 6.45) is 1.13. The Balaban J connectivity index is 2.22. The summed E-state index contributed by atoms with van der Waals surface area (Å²) in [6, 6.07) is 0. The van der Waals surface area contributed by atoms with E-state index < -0.39 is 0 Å². The fraction of sp³-hybridized carbons (Fsp3) is 0.750. The van der Waals surface area contributed by atoms with Crippen LogP contribution in [0.4, 0.5) is 0 Å². The van der Waals surface area contributed by atoms with Crippen molar-refractivity contribution in [3.63, 3.8) is 0 Å². The van der Waals surface area contributed by atoms with Crippen LogP contribution in [0, 0.1) is 0 Å². The van der Waals surface area contributed by atoms with Crippen molar-refractivity contribution in [1.82, 2.24) is 0 Å². The van der Waals surface area contributed by atoms with Gasteiger partial charge in [-0.1, -0.05) is 11.8 Å².